The van der Waals surface area contributed by atoms with Crippen LogP contribution in [-0.4, -0.2) is 19.0 Å². The average molecular weight is 275 g/mol. The number of benzene rings is 1. The number of hydrogen-bond donors (Lipinski definition) is 2. The number of hydrogen-bond acceptors (Lipinski definition) is 2. The van der Waals surface area contributed by atoms with Gasteiger partial charge in [0.2, 0.25) is 5.91 Å². The topological polar surface area (TPSA) is 41.1 Å². The largest absolute Gasteiger partial charge is 0.324 e. The number of halogens is 2. The molecule has 0 spiro atoms. The van der Waals surface area contributed by atoms with E-state index in [1.165, 1.54) is 0 Å². The second-order valence-electron chi connectivity index (χ2n) is 4.01. The van der Waals surface area contributed by atoms with Gasteiger partial charge in [0.15, 0.2) is 0 Å². The Morgan fingerprint density at radius 1 is 1.41 bits per heavy atom. The van der Waals surface area contributed by atoms with E-state index in [0.717, 1.165) is 25.9 Å². The minimum Gasteiger partial charge on any atom is -0.324 e. The molecule has 1 aromatic carbocycles. The first-order valence-electron chi connectivity index (χ1n) is 5.53. The summed E-state index contributed by atoms with van der Waals surface area (Å²) in [6.07, 6.45) is 2.00. The third-order valence-corrected chi connectivity index (χ3v) is 3.13. The Morgan fingerprint density at radius 2 is 2.18 bits per heavy atom. The van der Waals surface area contributed by atoms with Gasteiger partial charge in [-0.25, -0.2) is 0 Å². The second-order valence-corrected chi connectivity index (χ2v) is 4.42. The first-order chi connectivity index (χ1) is 7.77. The van der Waals surface area contributed by atoms with E-state index in [2.05, 4.69) is 10.6 Å². The molecule has 0 saturated carbocycles. The van der Waals surface area contributed by atoms with Crippen molar-refractivity contribution in [1.82, 2.24) is 5.32 Å². The molecule has 1 saturated heterocycles. The van der Waals surface area contributed by atoms with Crippen LogP contribution in [0.15, 0.2) is 24.3 Å². The smallest absolute Gasteiger partial charge is 0.228 e. The van der Waals surface area contributed by atoms with Gasteiger partial charge in [0, 0.05) is 6.54 Å². The highest BCUT2D eigenvalue weighted by Crippen LogP contribution is 2.22. The summed E-state index contributed by atoms with van der Waals surface area (Å²) in [5.41, 5.74) is 0.694. The summed E-state index contributed by atoms with van der Waals surface area (Å²) < 4.78 is 0. The molecule has 1 atom stereocenters. The molecule has 5 heteroatoms. The van der Waals surface area contributed by atoms with Crippen molar-refractivity contribution in [2.75, 3.05) is 18.4 Å². The van der Waals surface area contributed by atoms with Gasteiger partial charge >= 0.3 is 0 Å². The molecule has 0 radical (unpaired) electrons. The molecule has 1 amide bonds. The Balaban J connectivity index is 0.00000144. The lowest BCUT2D eigenvalue weighted by molar-refractivity contribution is -0.120. The van der Waals surface area contributed by atoms with Crippen molar-refractivity contribution >= 4 is 35.6 Å². The van der Waals surface area contributed by atoms with Crippen LogP contribution in [0.3, 0.4) is 0 Å². The third kappa shape index (κ3) is 3.87. The standard InChI is InChI=1S/C12H15ClN2O.ClH/c13-10-5-1-2-6-11(10)15-12(16)9-4-3-7-14-8-9;/h1-2,5-6,9,14H,3-4,7-8H2,(H,15,16);1H. The zero-order valence-electron chi connectivity index (χ0n) is 9.41. The van der Waals surface area contributed by atoms with E-state index in [1.807, 2.05) is 18.2 Å². The molecule has 2 N–H and O–H groups in total. The lowest BCUT2D eigenvalue weighted by atomic mass is 9.99. The number of carbonyl (C=O) groups is 1. The van der Waals surface area contributed by atoms with E-state index in [1.54, 1.807) is 6.07 Å². The normalized spacial score (nSPS) is 19.2. The maximum absolute atomic E-state index is 11.9. The summed E-state index contributed by atoms with van der Waals surface area (Å²) in [4.78, 5) is 11.9. The van der Waals surface area contributed by atoms with E-state index in [4.69, 9.17) is 11.6 Å². The third-order valence-electron chi connectivity index (χ3n) is 2.80. The van der Waals surface area contributed by atoms with Crippen LogP contribution in [0, 0.1) is 5.92 Å². The van der Waals surface area contributed by atoms with E-state index < -0.39 is 0 Å². The van der Waals surface area contributed by atoms with E-state index in [9.17, 15) is 4.79 Å². The monoisotopic (exact) mass is 274 g/mol. The van der Waals surface area contributed by atoms with Crippen LogP contribution >= 0.6 is 24.0 Å². The van der Waals surface area contributed by atoms with Crippen molar-refractivity contribution in [2.24, 2.45) is 5.92 Å². The predicted octanol–water partition coefficient (Wildman–Crippen LogP) is 2.70. The Labute approximate surface area is 112 Å². The van der Waals surface area contributed by atoms with Crippen LogP contribution in [0.1, 0.15) is 12.8 Å². The number of anilines is 1. The molecule has 1 unspecified atom stereocenters. The molecular weight excluding hydrogens is 259 g/mol. The minimum atomic E-state index is 0. The van der Waals surface area contributed by atoms with Gasteiger partial charge in [0.1, 0.15) is 0 Å². The highest BCUT2D eigenvalue weighted by Gasteiger charge is 2.21. The van der Waals surface area contributed by atoms with E-state index in [-0.39, 0.29) is 24.2 Å². The van der Waals surface area contributed by atoms with Gasteiger partial charge in [-0.05, 0) is 31.5 Å². The summed E-state index contributed by atoms with van der Waals surface area (Å²) in [5.74, 6) is 0.116. The van der Waals surface area contributed by atoms with Crippen LogP contribution in [0.2, 0.25) is 5.02 Å². The van der Waals surface area contributed by atoms with Crippen LogP contribution in [-0.2, 0) is 4.79 Å². The van der Waals surface area contributed by atoms with Crippen molar-refractivity contribution in [3.8, 4) is 0 Å². The highest BCUT2D eigenvalue weighted by molar-refractivity contribution is 6.33. The Kier molecular flexibility index (Phi) is 5.75. The lowest BCUT2D eigenvalue weighted by Crippen LogP contribution is -2.37. The zero-order valence-corrected chi connectivity index (χ0v) is 11.0. The van der Waals surface area contributed by atoms with Gasteiger partial charge < -0.3 is 10.6 Å². The van der Waals surface area contributed by atoms with Gasteiger partial charge in [0.05, 0.1) is 16.6 Å². The fourth-order valence-corrected chi connectivity index (χ4v) is 2.06. The fourth-order valence-electron chi connectivity index (χ4n) is 1.87. The molecule has 1 aliphatic heterocycles. The first kappa shape index (κ1) is 14.3. The molecule has 3 nitrogen and oxygen atoms in total. The Hall–Kier alpha value is -0.770. The van der Waals surface area contributed by atoms with Crippen molar-refractivity contribution in [2.45, 2.75) is 12.8 Å². The minimum absolute atomic E-state index is 0. The predicted molar refractivity (Wildman–Crippen MR) is 72.9 cm³/mol. The molecule has 1 fully saturated rings. The van der Waals surface area contributed by atoms with Crippen LogP contribution in [0.4, 0.5) is 5.69 Å². The molecule has 0 aromatic heterocycles. The molecule has 94 valence electrons. The number of carbonyl (C=O) groups excluding carboxylic acids is 1. The van der Waals surface area contributed by atoms with E-state index >= 15 is 0 Å². The molecule has 1 heterocycles. The molecule has 1 aromatic rings. The summed E-state index contributed by atoms with van der Waals surface area (Å²) in [6, 6.07) is 7.30. The maximum Gasteiger partial charge on any atom is 0.228 e. The van der Waals surface area contributed by atoms with Crippen molar-refractivity contribution < 1.29 is 4.79 Å². The summed E-state index contributed by atoms with van der Waals surface area (Å²) in [6.45, 7) is 1.77. The highest BCUT2D eigenvalue weighted by atomic mass is 35.5. The average Bonchev–Trinajstić information content (AvgIpc) is 2.33. The number of amides is 1. The first-order valence-corrected chi connectivity index (χ1v) is 5.91. The molecular formula is C12H16Cl2N2O. The van der Waals surface area contributed by atoms with Crippen molar-refractivity contribution in [3.63, 3.8) is 0 Å². The van der Waals surface area contributed by atoms with Crippen LogP contribution in [0.5, 0.6) is 0 Å². The quantitative estimate of drug-likeness (QED) is 0.871. The van der Waals surface area contributed by atoms with Gasteiger partial charge in [-0.3, -0.25) is 4.79 Å². The second kappa shape index (κ2) is 6.84. The zero-order chi connectivity index (χ0) is 11.4. The molecule has 1 aliphatic rings. The number of piperidine rings is 1. The number of nitrogens with one attached hydrogen (secondary N) is 2. The van der Waals surface area contributed by atoms with Crippen LogP contribution in [0.25, 0.3) is 0 Å². The van der Waals surface area contributed by atoms with Crippen molar-refractivity contribution in [3.05, 3.63) is 29.3 Å². The van der Waals surface area contributed by atoms with Gasteiger partial charge in [-0.1, -0.05) is 23.7 Å². The van der Waals surface area contributed by atoms with Gasteiger partial charge in [-0.15, -0.1) is 12.4 Å². The molecule has 0 bridgehead atoms. The summed E-state index contributed by atoms with van der Waals surface area (Å²) in [5, 5.41) is 6.67. The SMILES string of the molecule is Cl.O=C(Nc1ccccc1Cl)C1CCCNC1. The Bertz CT molecular complexity index is 379. The lowest BCUT2D eigenvalue weighted by Gasteiger charge is -2.22. The van der Waals surface area contributed by atoms with Crippen molar-refractivity contribution in [1.29, 1.82) is 0 Å². The Morgan fingerprint density at radius 3 is 2.82 bits per heavy atom. The van der Waals surface area contributed by atoms with Gasteiger partial charge in [0.25, 0.3) is 0 Å². The fraction of sp³-hybridized carbons (Fsp3) is 0.417. The molecule has 17 heavy (non-hydrogen) atoms. The number of rotatable bonds is 2. The molecule has 0 aliphatic carbocycles. The van der Waals surface area contributed by atoms with Crippen LogP contribution < -0.4 is 10.6 Å². The van der Waals surface area contributed by atoms with E-state index in [0.29, 0.717) is 10.7 Å². The molecule has 2 rings (SSSR count). The van der Waals surface area contributed by atoms with Gasteiger partial charge in [-0.2, -0.15) is 0 Å². The maximum atomic E-state index is 11.9. The summed E-state index contributed by atoms with van der Waals surface area (Å²) >= 11 is 5.98. The number of para-hydroxylation sites is 1. The summed E-state index contributed by atoms with van der Waals surface area (Å²) in [7, 11) is 0.